The SMILES string of the molecule is CC(CN1CCc2ccccc21)=C1CNC1. The molecule has 2 aliphatic rings. The van der Waals surface area contributed by atoms with E-state index in [-0.39, 0.29) is 0 Å². The summed E-state index contributed by atoms with van der Waals surface area (Å²) in [6.45, 7) is 6.76. The summed E-state index contributed by atoms with van der Waals surface area (Å²) in [5.74, 6) is 0. The number of fused-ring (bicyclic) bond motifs is 1. The lowest BCUT2D eigenvalue weighted by Crippen LogP contribution is -2.36. The van der Waals surface area contributed by atoms with Gasteiger partial charge in [0, 0.05) is 31.9 Å². The fraction of sp³-hybridized carbons (Fsp3) is 0.429. The number of hydrogen-bond acceptors (Lipinski definition) is 2. The molecule has 0 radical (unpaired) electrons. The van der Waals surface area contributed by atoms with Crippen molar-refractivity contribution in [3.8, 4) is 0 Å². The molecule has 0 aliphatic carbocycles. The lowest BCUT2D eigenvalue weighted by molar-refractivity contribution is 0.652. The molecule has 1 fully saturated rings. The minimum atomic E-state index is 1.10. The van der Waals surface area contributed by atoms with Crippen LogP contribution in [0.25, 0.3) is 0 Å². The van der Waals surface area contributed by atoms with Gasteiger partial charge in [0.25, 0.3) is 0 Å². The standard InChI is InChI=1S/C14H18N2/c1-11(13-8-15-9-13)10-16-7-6-12-4-2-3-5-14(12)16/h2-5,15H,6-10H2,1H3. The maximum Gasteiger partial charge on any atom is 0.0402 e. The van der Waals surface area contributed by atoms with Crippen LogP contribution in [0, 0.1) is 0 Å². The summed E-state index contributed by atoms with van der Waals surface area (Å²) in [5.41, 5.74) is 6.10. The fourth-order valence-electron chi connectivity index (χ4n) is 2.52. The molecule has 1 aromatic rings. The number of rotatable bonds is 2. The second kappa shape index (κ2) is 3.95. The molecular weight excluding hydrogens is 196 g/mol. The highest BCUT2D eigenvalue weighted by Gasteiger charge is 2.20. The smallest absolute Gasteiger partial charge is 0.0402 e. The van der Waals surface area contributed by atoms with E-state index in [0.29, 0.717) is 0 Å². The first kappa shape index (κ1) is 9.91. The van der Waals surface area contributed by atoms with Gasteiger partial charge in [-0.15, -0.1) is 0 Å². The van der Waals surface area contributed by atoms with Gasteiger partial charge in [-0.05, 0) is 30.5 Å². The first-order chi connectivity index (χ1) is 7.84. The Balaban J connectivity index is 1.78. The van der Waals surface area contributed by atoms with Crippen LogP contribution in [0.15, 0.2) is 35.4 Å². The van der Waals surface area contributed by atoms with Gasteiger partial charge in [0.1, 0.15) is 0 Å². The zero-order chi connectivity index (χ0) is 11.0. The van der Waals surface area contributed by atoms with Crippen LogP contribution in [0.4, 0.5) is 5.69 Å². The largest absolute Gasteiger partial charge is 0.367 e. The number of para-hydroxylation sites is 1. The second-order valence-corrected chi connectivity index (χ2v) is 4.79. The molecule has 0 bridgehead atoms. The topological polar surface area (TPSA) is 15.3 Å². The second-order valence-electron chi connectivity index (χ2n) is 4.79. The number of hydrogen-bond donors (Lipinski definition) is 1. The van der Waals surface area contributed by atoms with Gasteiger partial charge in [0.15, 0.2) is 0 Å². The Labute approximate surface area is 97.0 Å². The number of nitrogens with zero attached hydrogens (tertiary/aromatic N) is 1. The third-order valence-electron chi connectivity index (χ3n) is 3.69. The van der Waals surface area contributed by atoms with Gasteiger partial charge in [-0.3, -0.25) is 0 Å². The summed E-state index contributed by atoms with van der Waals surface area (Å²) in [6, 6.07) is 8.79. The molecule has 0 atom stereocenters. The van der Waals surface area contributed by atoms with E-state index >= 15 is 0 Å². The van der Waals surface area contributed by atoms with Gasteiger partial charge < -0.3 is 10.2 Å². The molecule has 0 spiro atoms. The maximum absolute atomic E-state index is 3.31. The van der Waals surface area contributed by atoms with Crippen molar-refractivity contribution in [3.05, 3.63) is 41.0 Å². The van der Waals surface area contributed by atoms with Crippen molar-refractivity contribution in [3.63, 3.8) is 0 Å². The average molecular weight is 214 g/mol. The first-order valence-corrected chi connectivity index (χ1v) is 6.05. The van der Waals surface area contributed by atoms with E-state index in [1.165, 1.54) is 24.2 Å². The van der Waals surface area contributed by atoms with Gasteiger partial charge >= 0.3 is 0 Å². The molecule has 2 heterocycles. The van der Waals surface area contributed by atoms with E-state index in [1.54, 1.807) is 11.1 Å². The molecular formula is C14H18N2. The quantitative estimate of drug-likeness (QED) is 0.757. The highest BCUT2D eigenvalue weighted by molar-refractivity contribution is 5.58. The van der Waals surface area contributed by atoms with Crippen LogP contribution in [-0.2, 0) is 6.42 Å². The lowest BCUT2D eigenvalue weighted by atomic mass is 10.0. The van der Waals surface area contributed by atoms with Crippen molar-refractivity contribution in [1.82, 2.24) is 5.32 Å². The van der Waals surface area contributed by atoms with Crippen molar-refractivity contribution < 1.29 is 0 Å². The van der Waals surface area contributed by atoms with Crippen LogP contribution in [0.3, 0.4) is 0 Å². The monoisotopic (exact) mass is 214 g/mol. The van der Waals surface area contributed by atoms with Crippen molar-refractivity contribution in [2.24, 2.45) is 0 Å². The van der Waals surface area contributed by atoms with Gasteiger partial charge in [-0.1, -0.05) is 23.8 Å². The third-order valence-corrected chi connectivity index (χ3v) is 3.69. The molecule has 16 heavy (non-hydrogen) atoms. The number of benzene rings is 1. The molecule has 84 valence electrons. The fourth-order valence-corrected chi connectivity index (χ4v) is 2.52. The molecule has 2 aliphatic heterocycles. The van der Waals surface area contributed by atoms with Gasteiger partial charge in [-0.2, -0.15) is 0 Å². The summed E-state index contributed by atoms with van der Waals surface area (Å²) < 4.78 is 0. The summed E-state index contributed by atoms with van der Waals surface area (Å²) in [7, 11) is 0. The zero-order valence-corrected chi connectivity index (χ0v) is 9.79. The number of nitrogens with one attached hydrogen (secondary N) is 1. The summed E-state index contributed by atoms with van der Waals surface area (Å²) in [4.78, 5) is 2.51. The maximum atomic E-state index is 3.31. The molecule has 1 saturated heterocycles. The highest BCUT2D eigenvalue weighted by Crippen LogP contribution is 2.28. The van der Waals surface area contributed by atoms with Gasteiger partial charge in [0.05, 0.1) is 0 Å². The Morgan fingerprint density at radius 2 is 2.12 bits per heavy atom. The molecule has 0 unspecified atom stereocenters. The van der Waals surface area contributed by atoms with Gasteiger partial charge in [0.2, 0.25) is 0 Å². The van der Waals surface area contributed by atoms with Crippen molar-refractivity contribution >= 4 is 5.69 Å². The van der Waals surface area contributed by atoms with Crippen LogP contribution < -0.4 is 10.2 Å². The zero-order valence-electron chi connectivity index (χ0n) is 9.79. The van der Waals surface area contributed by atoms with Gasteiger partial charge in [-0.25, -0.2) is 0 Å². The van der Waals surface area contributed by atoms with Crippen LogP contribution in [0.5, 0.6) is 0 Å². The van der Waals surface area contributed by atoms with E-state index in [1.807, 2.05) is 0 Å². The molecule has 2 nitrogen and oxygen atoms in total. The predicted octanol–water partition coefficient (Wildman–Crippen LogP) is 1.97. The van der Waals surface area contributed by atoms with Crippen molar-refractivity contribution in [1.29, 1.82) is 0 Å². The molecule has 3 rings (SSSR count). The minimum absolute atomic E-state index is 1.10. The molecule has 2 heteroatoms. The molecule has 1 N–H and O–H groups in total. The number of anilines is 1. The normalized spacial score (nSPS) is 18.3. The van der Waals surface area contributed by atoms with Crippen LogP contribution in [0.2, 0.25) is 0 Å². The molecule has 0 amide bonds. The van der Waals surface area contributed by atoms with Crippen LogP contribution in [0.1, 0.15) is 12.5 Å². The minimum Gasteiger partial charge on any atom is -0.367 e. The van der Waals surface area contributed by atoms with E-state index in [0.717, 1.165) is 19.6 Å². The Morgan fingerprint density at radius 1 is 1.31 bits per heavy atom. The summed E-state index contributed by atoms with van der Waals surface area (Å²) in [6.07, 6.45) is 1.21. The van der Waals surface area contributed by atoms with E-state index in [4.69, 9.17) is 0 Å². The molecule has 0 saturated carbocycles. The Morgan fingerprint density at radius 3 is 2.88 bits per heavy atom. The summed E-state index contributed by atoms with van der Waals surface area (Å²) >= 11 is 0. The lowest BCUT2D eigenvalue weighted by Gasteiger charge is -2.26. The molecule has 0 aromatic heterocycles. The Kier molecular flexibility index (Phi) is 2.44. The van der Waals surface area contributed by atoms with E-state index in [2.05, 4.69) is 41.4 Å². The average Bonchev–Trinajstić information content (AvgIpc) is 2.59. The first-order valence-electron chi connectivity index (χ1n) is 6.05. The van der Waals surface area contributed by atoms with Crippen LogP contribution >= 0.6 is 0 Å². The summed E-state index contributed by atoms with van der Waals surface area (Å²) in [5, 5.41) is 3.31. The van der Waals surface area contributed by atoms with Crippen LogP contribution in [-0.4, -0.2) is 26.2 Å². The Hall–Kier alpha value is -1.28. The van der Waals surface area contributed by atoms with Crippen molar-refractivity contribution in [2.45, 2.75) is 13.3 Å². The predicted molar refractivity (Wildman–Crippen MR) is 67.9 cm³/mol. The van der Waals surface area contributed by atoms with E-state index < -0.39 is 0 Å². The van der Waals surface area contributed by atoms with E-state index in [9.17, 15) is 0 Å². The molecule has 1 aromatic carbocycles. The Bertz CT molecular complexity index is 428. The van der Waals surface area contributed by atoms with Crippen molar-refractivity contribution in [2.75, 3.05) is 31.1 Å². The third kappa shape index (κ3) is 1.63. The highest BCUT2D eigenvalue weighted by atomic mass is 15.1.